The number of furan rings is 1. The zero-order valence-corrected chi connectivity index (χ0v) is 14.6. The second-order valence-electron chi connectivity index (χ2n) is 7.29. The first kappa shape index (κ1) is 16.1. The van der Waals surface area contributed by atoms with E-state index in [2.05, 4.69) is 24.0 Å². The van der Waals surface area contributed by atoms with Gasteiger partial charge in [-0.05, 0) is 31.7 Å². The Labute approximate surface area is 143 Å². The first-order chi connectivity index (χ1) is 11.7. The molecule has 0 spiro atoms. The summed E-state index contributed by atoms with van der Waals surface area (Å²) in [6.45, 7) is 4.05. The molecule has 1 N–H and O–H groups in total. The van der Waals surface area contributed by atoms with Crippen LogP contribution in [0.15, 0.2) is 28.7 Å². The Balaban J connectivity index is 1.66. The summed E-state index contributed by atoms with van der Waals surface area (Å²) in [5.74, 6) is 1.09. The number of fused-ring (bicyclic) bond motifs is 2. The van der Waals surface area contributed by atoms with Crippen LogP contribution in [0.1, 0.15) is 43.9 Å². The molecule has 2 heterocycles. The Morgan fingerprint density at radius 1 is 1.33 bits per heavy atom. The van der Waals surface area contributed by atoms with E-state index < -0.39 is 0 Å². The molecule has 130 valence electrons. The van der Waals surface area contributed by atoms with E-state index in [1.807, 2.05) is 19.2 Å². The summed E-state index contributed by atoms with van der Waals surface area (Å²) in [5, 5.41) is 11.4. The summed E-state index contributed by atoms with van der Waals surface area (Å²) in [7, 11) is 1.83. The van der Waals surface area contributed by atoms with Gasteiger partial charge in [-0.15, -0.1) is 0 Å². The number of aliphatic hydroxyl groups excluding tert-OH is 1. The number of aliphatic hydroxyl groups is 1. The maximum atomic E-state index is 10.2. The highest BCUT2D eigenvalue weighted by molar-refractivity contribution is 5.82. The van der Waals surface area contributed by atoms with E-state index in [9.17, 15) is 5.11 Å². The van der Waals surface area contributed by atoms with E-state index in [1.54, 1.807) is 0 Å². The van der Waals surface area contributed by atoms with Gasteiger partial charge in [0.15, 0.2) is 0 Å². The summed E-state index contributed by atoms with van der Waals surface area (Å²) in [6, 6.07) is 8.60. The molecule has 0 amide bonds. The lowest BCUT2D eigenvalue weighted by molar-refractivity contribution is -0.0879. The largest absolute Gasteiger partial charge is 0.461 e. The second-order valence-corrected chi connectivity index (χ2v) is 7.29. The molecule has 0 unspecified atom stereocenters. The van der Waals surface area contributed by atoms with Crippen LogP contribution in [0.25, 0.3) is 11.0 Å². The summed E-state index contributed by atoms with van der Waals surface area (Å²) < 4.78 is 12.0. The van der Waals surface area contributed by atoms with Crippen LogP contribution in [0.5, 0.6) is 0 Å². The quantitative estimate of drug-likeness (QED) is 0.932. The molecule has 1 aromatic heterocycles. The fourth-order valence-corrected chi connectivity index (χ4v) is 4.77. The Bertz CT molecular complexity index is 725. The molecule has 1 saturated carbocycles. The van der Waals surface area contributed by atoms with Crippen LogP contribution in [0.4, 0.5) is 0 Å². The molecule has 4 heteroatoms. The molecule has 0 bridgehead atoms. The normalized spacial score (nSPS) is 30.8. The number of likely N-dealkylation sites (tertiary alicyclic amines) is 1. The van der Waals surface area contributed by atoms with Crippen molar-refractivity contribution in [3.05, 3.63) is 35.6 Å². The molecule has 4 nitrogen and oxygen atoms in total. The van der Waals surface area contributed by atoms with Gasteiger partial charge < -0.3 is 14.3 Å². The summed E-state index contributed by atoms with van der Waals surface area (Å²) in [5.41, 5.74) is 2.20. The van der Waals surface area contributed by atoms with E-state index in [0.717, 1.165) is 56.5 Å². The van der Waals surface area contributed by atoms with Crippen LogP contribution >= 0.6 is 0 Å². The number of hydrogen-bond acceptors (Lipinski definition) is 4. The van der Waals surface area contributed by atoms with Crippen molar-refractivity contribution >= 4 is 11.0 Å². The van der Waals surface area contributed by atoms with Gasteiger partial charge in [-0.3, -0.25) is 4.90 Å². The molecule has 4 rings (SSSR count). The van der Waals surface area contributed by atoms with Crippen LogP contribution in [0, 0.1) is 0 Å². The number of nitrogens with zero attached hydrogens (tertiary/aromatic N) is 1. The fourth-order valence-electron chi connectivity index (χ4n) is 4.77. The van der Waals surface area contributed by atoms with Crippen molar-refractivity contribution in [1.29, 1.82) is 0 Å². The molecule has 2 fully saturated rings. The average molecular weight is 329 g/mol. The van der Waals surface area contributed by atoms with E-state index in [4.69, 9.17) is 9.15 Å². The number of para-hydroxylation sites is 1. The molecular weight excluding hydrogens is 302 g/mol. The van der Waals surface area contributed by atoms with Crippen LogP contribution in [0.2, 0.25) is 0 Å². The first-order valence-corrected chi connectivity index (χ1v) is 9.13. The minimum atomic E-state index is -0.203. The zero-order chi connectivity index (χ0) is 16.7. The Hall–Kier alpha value is -1.36. The Morgan fingerprint density at radius 2 is 2.17 bits per heavy atom. The Kier molecular flexibility index (Phi) is 4.15. The minimum absolute atomic E-state index is 0.0782. The molecular formula is C20H27NO3. The van der Waals surface area contributed by atoms with Crippen molar-refractivity contribution in [3.8, 4) is 0 Å². The number of ether oxygens (including phenoxy) is 1. The van der Waals surface area contributed by atoms with Gasteiger partial charge in [0.1, 0.15) is 11.3 Å². The standard InChI is InChI=1S/C20H27NO3/c1-3-17-16(15-6-4-5-7-18(15)24-17)13-21-11-10-20(23-2)9-8-14(22)12-19(20)21/h4-7,14,19,22H,3,8-13H2,1-2H3/t14-,19-,20+/m0/s1. The molecule has 1 aliphatic heterocycles. The number of benzene rings is 1. The van der Waals surface area contributed by atoms with Gasteiger partial charge in [-0.1, -0.05) is 25.1 Å². The average Bonchev–Trinajstić information content (AvgIpc) is 3.15. The molecule has 3 atom stereocenters. The number of rotatable bonds is 4. The van der Waals surface area contributed by atoms with Crippen LogP contribution < -0.4 is 0 Å². The van der Waals surface area contributed by atoms with Gasteiger partial charge in [0.05, 0.1) is 11.7 Å². The summed E-state index contributed by atoms with van der Waals surface area (Å²) >= 11 is 0. The molecule has 2 aromatic rings. The third kappa shape index (κ3) is 2.48. The van der Waals surface area contributed by atoms with Gasteiger partial charge in [0, 0.05) is 43.6 Å². The van der Waals surface area contributed by atoms with Gasteiger partial charge in [0.2, 0.25) is 0 Å². The maximum absolute atomic E-state index is 10.2. The van der Waals surface area contributed by atoms with E-state index in [0.29, 0.717) is 6.04 Å². The van der Waals surface area contributed by atoms with Gasteiger partial charge in [-0.2, -0.15) is 0 Å². The number of methoxy groups -OCH3 is 1. The topological polar surface area (TPSA) is 45.8 Å². The van der Waals surface area contributed by atoms with Crippen molar-refractivity contribution in [2.45, 2.75) is 63.3 Å². The molecule has 1 aliphatic carbocycles. The third-order valence-corrected chi connectivity index (χ3v) is 6.14. The lowest BCUT2D eigenvalue weighted by Gasteiger charge is -2.42. The lowest BCUT2D eigenvalue weighted by Crippen LogP contribution is -2.51. The Morgan fingerprint density at radius 3 is 2.96 bits per heavy atom. The van der Waals surface area contributed by atoms with Gasteiger partial charge >= 0.3 is 0 Å². The van der Waals surface area contributed by atoms with E-state index >= 15 is 0 Å². The predicted molar refractivity (Wildman–Crippen MR) is 94.0 cm³/mol. The molecule has 24 heavy (non-hydrogen) atoms. The maximum Gasteiger partial charge on any atom is 0.134 e. The SMILES string of the molecule is CCc1oc2ccccc2c1CN1CC[C@]2(OC)CC[C@H](O)C[C@H]12. The van der Waals surface area contributed by atoms with E-state index in [-0.39, 0.29) is 11.7 Å². The van der Waals surface area contributed by atoms with Crippen molar-refractivity contribution in [2.75, 3.05) is 13.7 Å². The summed E-state index contributed by atoms with van der Waals surface area (Å²) in [6.07, 6.45) is 4.38. The van der Waals surface area contributed by atoms with E-state index in [1.165, 1.54) is 10.9 Å². The molecule has 0 radical (unpaired) electrons. The first-order valence-electron chi connectivity index (χ1n) is 9.13. The van der Waals surface area contributed by atoms with Crippen molar-refractivity contribution in [2.24, 2.45) is 0 Å². The third-order valence-electron chi connectivity index (χ3n) is 6.14. The monoisotopic (exact) mass is 329 g/mol. The number of aryl methyl sites for hydroxylation is 1. The van der Waals surface area contributed by atoms with Crippen molar-refractivity contribution < 1.29 is 14.3 Å². The van der Waals surface area contributed by atoms with Crippen LogP contribution in [0.3, 0.4) is 0 Å². The molecule has 1 aromatic carbocycles. The highest BCUT2D eigenvalue weighted by Gasteiger charge is 2.50. The van der Waals surface area contributed by atoms with Crippen molar-refractivity contribution in [1.82, 2.24) is 4.90 Å². The highest BCUT2D eigenvalue weighted by Crippen LogP contribution is 2.43. The fraction of sp³-hybridized carbons (Fsp3) is 0.600. The molecule has 2 aliphatic rings. The summed E-state index contributed by atoms with van der Waals surface area (Å²) in [4.78, 5) is 2.50. The number of hydrogen-bond donors (Lipinski definition) is 1. The smallest absolute Gasteiger partial charge is 0.134 e. The van der Waals surface area contributed by atoms with Crippen molar-refractivity contribution in [3.63, 3.8) is 0 Å². The van der Waals surface area contributed by atoms with Crippen LogP contribution in [-0.4, -0.2) is 41.4 Å². The van der Waals surface area contributed by atoms with Crippen LogP contribution in [-0.2, 0) is 17.7 Å². The van der Waals surface area contributed by atoms with Gasteiger partial charge in [-0.25, -0.2) is 0 Å². The molecule has 1 saturated heterocycles. The predicted octanol–water partition coefficient (Wildman–Crippen LogP) is 3.50. The highest BCUT2D eigenvalue weighted by atomic mass is 16.5. The second kappa shape index (κ2) is 6.17. The lowest BCUT2D eigenvalue weighted by atomic mass is 9.79. The minimum Gasteiger partial charge on any atom is -0.461 e. The zero-order valence-electron chi connectivity index (χ0n) is 14.6. The van der Waals surface area contributed by atoms with Gasteiger partial charge in [0.25, 0.3) is 0 Å².